The molecule has 0 aliphatic heterocycles. The van der Waals surface area contributed by atoms with Crippen LogP contribution < -0.4 is 10.6 Å². The molecule has 2 amide bonds. The lowest BCUT2D eigenvalue weighted by molar-refractivity contribution is 0.101. The van der Waals surface area contributed by atoms with Crippen LogP contribution in [0.15, 0.2) is 84.9 Å². The summed E-state index contributed by atoms with van der Waals surface area (Å²) in [6, 6.07) is 25.5. The van der Waals surface area contributed by atoms with E-state index in [1.54, 1.807) is 24.3 Å². The molecule has 2 N–H and O–H groups in total. The van der Waals surface area contributed by atoms with E-state index in [1.165, 1.54) is 0 Å². The van der Waals surface area contributed by atoms with Crippen LogP contribution in [0.25, 0.3) is 10.8 Å². The van der Waals surface area contributed by atoms with Crippen LogP contribution in [0.1, 0.15) is 31.8 Å². The van der Waals surface area contributed by atoms with Crippen molar-refractivity contribution >= 4 is 57.2 Å². The smallest absolute Gasteiger partial charge is 0.255 e. The summed E-state index contributed by atoms with van der Waals surface area (Å²) in [6.45, 7) is 0. The number of rotatable bonds is 6. The first-order chi connectivity index (χ1) is 15.6. The quantitative estimate of drug-likeness (QED) is 0.308. The van der Waals surface area contributed by atoms with Gasteiger partial charge in [-0.15, -0.1) is 23.2 Å². The maximum absolute atomic E-state index is 12.7. The molecule has 0 aliphatic rings. The Morgan fingerprint density at radius 2 is 0.938 bits per heavy atom. The Bertz CT molecular complexity index is 1170. The SMILES string of the molecule is O=C(Nc1cccc2c(NC(=O)c3ccc(CCl)cc3)cccc12)c1ccc(CCl)cc1. The van der Waals surface area contributed by atoms with E-state index in [4.69, 9.17) is 23.2 Å². The molecule has 0 bridgehead atoms. The Kier molecular flexibility index (Phi) is 6.74. The molecular weight excluding hydrogens is 443 g/mol. The Morgan fingerprint density at radius 1 is 0.562 bits per heavy atom. The number of carbonyl (C=O) groups is 2. The molecule has 0 atom stereocenters. The van der Waals surface area contributed by atoms with E-state index in [0.717, 1.165) is 21.9 Å². The van der Waals surface area contributed by atoms with Crippen molar-refractivity contribution in [3.8, 4) is 0 Å². The van der Waals surface area contributed by atoms with Crippen LogP contribution in [0.3, 0.4) is 0 Å². The van der Waals surface area contributed by atoms with Crippen molar-refractivity contribution in [1.82, 2.24) is 0 Å². The summed E-state index contributed by atoms with van der Waals surface area (Å²) in [5.74, 6) is 0.368. The number of halogens is 2. The maximum atomic E-state index is 12.7. The number of nitrogens with one attached hydrogen (secondary N) is 2. The predicted octanol–water partition coefficient (Wildman–Crippen LogP) is 6.82. The van der Waals surface area contributed by atoms with Crippen LogP contribution >= 0.6 is 23.2 Å². The number of fused-ring (bicyclic) bond motifs is 1. The fraction of sp³-hybridized carbons (Fsp3) is 0.0769. The molecule has 0 radical (unpaired) electrons. The van der Waals surface area contributed by atoms with E-state index in [2.05, 4.69) is 10.6 Å². The van der Waals surface area contributed by atoms with E-state index in [-0.39, 0.29) is 11.8 Å². The molecule has 160 valence electrons. The van der Waals surface area contributed by atoms with E-state index in [9.17, 15) is 9.59 Å². The van der Waals surface area contributed by atoms with E-state index in [0.29, 0.717) is 34.3 Å². The van der Waals surface area contributed by atoms with Gasteiger partial charge in [0.05, 0.1) is 0 Å². The van der Waals surface area contributed by atoms with Gasteiger partial charge in [0.1, 0.15) is 0 Å². The van der Waals surface area contributed by atoms with Crippen LogP contribution in [0, 0.1) is 0 Å². The van der Waals surface area contributed by atoms with Crippen molar-refractivity contribution < 1.29 is 9.59 Å². The highest BCUT2D eigenvalue weighted by Gasteiger charge is 2.12. The fourth-order valence-electron chi connectivity index (χ4n) is 3.41. The first-order valence-corrected chi connectivity index (χ1v) is 11.1. The third-order valence-corrected chi connectivity index (χ3v) is 5.78. The molecule has 0 aromatic heterocycles. The molecular formula is C26H20Cl2N2O2. The average Bonchev–Trinajstić information content (AvgIpc) is 2.84. The van der Waals surface area contributed by atoms with Gasteiger partial charge in [-0.05, 0) is 47.5 Å². The van der Waals surface area contributed by atoms with E-state index in [1.807, 2.05) is 60.7 Å². The van der Waals surface area contributed by atoms with Crippen molar-refractivity contribution in [3.05, 3.63) is 107 Å². The Hall–Kier alpha value is -3.34. The van der Waals surface area contributed by atoms with Crippen LogP contribution in [0.2, 0.25) is 0 Å². The molecule has 4 aromatic carbocycles. The number of amides is 2. The highest BCUT2D eigenvalue weighted by Crippen LogP contribution is 2.30. The molecule has 4 rings (SSSR count). The molecule has 4 aromatic rings. The summed E-state index contributed by atoms with van der Waals surface area (Å²) in [7, 11) is 0. The van der Waals surface area contributed by atoms with Crippen LogP contribution in [0.4, 0.5) is 11.4 Å². The van der Waals surface area contributed by atoms with Gasteiger partial charge in [0, 0.05) is 45.0 Å². The molecule has 0 aliphatic carbocycles. The zero-order valence-corrected chi connectivity index (χ0v) is 18.6. The lowest BCUT2D eigenvalue weighted by atomic mass is 10.1. The summed E-state index contributed by atoms with van der Waals surface area (Å²) in [6.07, 6.45) is 0. The van der Waals surface area contributed by atoms with Crippen LogP contribution in [-0.4, -0.2) is 11.8 Å². The van der Waals surface area contributed by atoms with Crippen molar-refractivity contribution in [2.45, 2.75) is 11.8 Å². The van der Waals surface area contributed by atoms with Gasteiger partial charge < -0.3 is 10.6 Å². The second-order valence-corrected chi connectivity index (χ2v) is 7.81. The Labute approximate surface area is 196 Å². The standard InChI is InChI=1S/C26H20Cl2N2O2/c27-15-17-7-11-19(12-8-17)25(31)29-23-5-1-3-21-22(23)4-2-6-24(21)30-26(32)20-13-9-18(16-28)10-14-20/h1-14H,15-16H2,(H,29,31)(H,30,32). The molecule has 0 spiro atoms. The topological polar surface area (TPSA) is 58.2 Å². The second-order valence-electron chi connectivity index (χ2n) is 7.28. The fourth-order valence-corrected chi connectivity index (χ4v) is 3.76. The third kappa shape index (κ3) is 4.77. The normalized spacial score (nSPS) is 10.7. The summed E-state index contributed by atoms with van der Waals surface area (Å²) in [5.41, 5.74) is 4.31. The average molecular weight is 463 g/mol. The number of anilines is 2. The monoisotopic (exact) mass is 462 g/mol. The largest absolute Gasteiger partial charge is 0.321 e. The predicted molar refractivity (Wildman–Crippen MR) is 132 cm³/mol. The molecule has 0 saturated heterocycles. The van der Waals surface area contributed by atoms with Gasteiger partial charge in [-0.2, -0.15) is 0 Å². The van der Waals surface area contributed by atoms with Crippen molar-refractivity contribution in [2.24, 2.45) is 0 Å². The molecule has 0 unspecified atom stereocenters. The summed E-state index contributed by atoms with van der Waals surface area (Å²) in [5, 5.41) is 7.59. The van der Waals surface area contributed by atoms with Crippen LogP contribution in [-0.2, 0) is 11.8 Å². The molecule has 0 fully saturated rings. The van der Waals surface area contributed by atoms with Gasteiger partial charge in [0.25, 0.3) is 11.8 Å². The first kappa shape index (κ1) is 21.9. The molecule has 32 heavy (non-hydrogen) atoms. The number of hydrogen-bond donors (Lipinski definition) is 2. The van der Waals surface area contributed by atoms with Crippen LogP contribution in [0.5, 0.6) is 0 Å². The van der Waals surface area contributed by atoms with Gasteiger partial charge in [0.2, 0.25) is 0 Å². The number of carbonyl (C=O) groups excluding carboxylic acids is 2. The lowest BCUT2D eigenvalue weighted by Gasteiger charge is -2.13. The lowest BCUT2D eigenvalue weighted by Crippen LogP contribution is -2.13. The molecule has 0 saturated carbocycles. The summed E-state index contributed by atoms with van der Waals surface area (Å²) in [4.78, 5) is 25.5. The van der Waals surface area contributed by atoms with E-state index < -0.39 is 0 Å². The Morgan fingerprint density at radius 3 is 1.28 bits per heavy atom. The Balaban J connectivity index is 1.59. The second kappa shape index (κ2) is 9.86. The minimum atomic E-state index is -0.215. The third-order valence-electron chi connectivity index (χ3n) is 5.16. The first-order valence-electron chi connectivity index (χ1n) is 10.0. The molecule has 0 heterocycles. The summed E-state index contributed by atoms with van der Waals surface area (Å²) < 4.78 is 0. The number of hydrogen-bond acceptors (Lipinski definition) is 2. The van der Waals surface area contributed by atoms with E-state index >= 15 is 0 Å². The zero-order valence-electron chi connectivity index (χ0n) is 17.1. The number of benzene rings is 4. The molecule has 6 heteroatoms. The van der Waals surface area contributed by atoms with Gasteiger partial charge in [0.15, 0.2) is 0 Å². The van der Waals surface area contributed by atoms with Crippen molar-refractivity contribution in [1.29, 1.82) is 0 Å². The number of alkyl halides is 2. The highest BCUT2D eigenvalue weighted by molar-refractivity contribution is 6.17. The van der Waals surface area contributed by atoms with Gasteiger partial charge >= 0.3 is 0 Å². The minimum absolute atomic E-state index is 0.215. The highest BCUT2D eigenvalue weighted by atomic mass is 35.5. The van der Waals surface area contributed by atoms with Crippen molar-refractivity contribution in [3.63, 3.8) is 0 Å². The van der Waals surface area contributed by atoms with Gasteiger partial charge in [-0.25, -0.2) is 0 Å². The van der Waals surface area contributed by atoms with Gasteiger partial charge in [-0.1, -0.05) is 48.5 Å². The summed E-state index contributed by atoms with van der Waals surface area (Å²) >= 11 is 11.6. The van der Waals surface area contributed by atoms with Crippen molar-refractivity contribution in [2.75, 3.05) is 10.6 Å². The zero-order chi connectivity index (χ0) is 22.5. The maximum Gasteiger partial charge on any atom is 0.255 e. The molecule has 4 nitrogen and oxygen atoms in total. The van der Waals surface area contributed by atoms with Gasteiger partial charge in [-0.3, -0.25) is 9.59 Å². The minimum Gasteiger partial charge on any atom is -0.321 e.